The number of fused-ring (bicyclic) bond motifs is 8. The van der Waals surface area contributed by atoms with E-state index in [0.29, 0.717) is 0 Å². The van der Waals surface area contributed by atoms with E-state index in [0.717, 1.165) is 34.2 Å². The maximum atomic E-state index is 6.87. The molecule has 3 heterocycles. The largest absolute Gasteiger partial charge is 0.458 e. The zero-order chi connectivity index (χ0) is 37.5. The standard InChI is InChI=1S/C52H33BN2OS/c1-4-13-34(14-5-1)35-23-26-40(27-24-35)54(38-15-6-2-7-16-38)41-28-25-36-30-42-43-32-49-45(33-51(43)57-50(42)31-37(36)29-41)53-44-19-10-11-20-46(44)55(39-17-8-3-9-18-39)47-21-12-22-48(56-49)52(47)53/h1-33H. The molecule has 12 rings (SSSR count). The van der Waals surface area contributed by atoms with Crippen molar-refractivity contribution in [1.29, 1.82) is 0 Å². The fourth-order valence-electron chi connectivity index (χ4n) is 9.08. The summed E-state index contributed by atoms with van der Waals surface area (Å²) >= 11 is 1.87. The lowest BCUT2D eigenvalue weighted by Crippen LogP contribution is -2.59. The lowest BCUT2D eigenvalue weighted by Gasteiger charge is -2.39. The second-order valence-electron chi connectivity index (χ2n) is 14.9. The van der Waals surface area contributed by atoms with Crippen LogP contribution in [0, 0.1) is 0 Å². The zero-order valence-corrected chi connectivity index (χ0v) is 31.7. The Hall–Kier alpha value is -7.08. The van der Waals surface area contributed by atoms with Gasteiger partial charge in [0.2, 0.25) is 0 Å². The number of nitrogens with zero attached hydrogens (tertiary/aromatic N) is 2. The first kappa shape index (κ1) is 32.2. The fraction of sp³-hybridized carbons (Fsp3) is 0. The highest BCUT2D eigenvalue weighted by Crippen LogP contribution is 2.44. The van der Waals surface area contributed by atoms with E-state index in [1.54, 1.807) is 0 Å². The minimum Gasteiger partial charge on any atom is -0.458 e. The van der Waals surface area contributed by atoms with Crippen molar-refractivity contribution in [3.8, 4) is 22.6 Å². The summed E-state index contributed by atoms with van der Waals surface area (Å²) in [6.45, 7) is 0.0677. The summed E-state index contributed by atoms with van der Waals surface area (Å²) in [5.74, 6) is 1.86. The van der Waals surface area contributed by atoms with Gasteiger partial charge in [-0.25, -0.2) is 0 Å². The highest BCUT2D eigenvalue weighted by atomic mass is 32.1. The van der Waals surface area contributed by atoms with E-state index in [1.165, 1.54) is 69.8 Å². The van der Waals surface area contributed by atoms with E-state index in [9.17, 15) is 0 Å². The topological polar surface area (TPSA) is 15.7 Å². The Morgan fingerprint density at radius 3 is 1.91 bits per heavy atom. The normalized spacial score (nSPS) is 12.6. The second-order valence-corrected chi connectivity index (χ2v) is 16.0. The Labute approximate surface area is 335 Å². The highest BCUT2D eigenvalue weighted by Gasteiger charge is 2.41. The molecular weight excluding hydrogens is 711 g/mol. The molecule has 0 saturated carbocycles. The SMILES string of the molecule is c1ccc(-c2ccc(N(c3ccccc3)c3ccc4cc5c(cc4c3)sc3cc4c(cc35)Oc3cccc5c3B4c3ccccc3N5c3ccccc3)cc2)cc1. The molecule has 0 atom stereocenters. The van der Waals surface area contributed by atoms with Crippen LogP contribution in [0.5, 0.6) is 11.5 Å². The maximum Gasteiger partial charge on any atom is 0.256 e. The van der Waals surface area contributed by atoms with Crippen molar-refractivity contribution < 1.29 is 4.74 Å². The van der Waals surface area contributed by atoms with Gasteiger partial charge in [0.25, 0.3) is 6.71 Å². The molecule has 0 N–H and O–H groups in total. The van der Waals surface area contributed by atoms with Gasteiger partial charge in [-0.05, 0) is 129 Å². The average Bonchev–Trinajstić information content (AvgIpc) is 3.62. The van der Waals surface area contributed by atoms with E-state index < -0.39 is 0 Å². The number of hydrogen-bond acceptors (Lipinski definition) is 4. The predicted octanol–water partition coefficient (Wildman–Crippen LogP) is 12.7. The van der Waals surface area contributed by atoms with Crippen LogP contribution in [0.3, 0.4) is 0 Å². The Kier molecular flexibility index (Phi) is 7.19. The van der Waals surface area contributed by atoms with Crippen LogP contribution < -0.4 is 30.9 Å². The lowest BCUT2D eigenvalue weighted by atomic mass is 9.34. The van der Waals surface area contributed by atoms with Crippen molar-refractivity contribution in [2.24, 2.45) is 0 Å². The summed E-state index contributed by atoms with van der Waals surface area (Å²) in [5, 5.41) is 4.93. The molecule has 1 aromatic heterocycles. The molecule has 0 radical (unpaired) electrons. The van der Waals surface area contributed by atoms with Crippen LogP contribution in [0.25, 0.3) is 42.1 Å². The number of ether oxygens (including phenoxy) is 1. The van der Waals surface area contributed by atoms with Crippen molar-refractivity contribution in [2.45, 2.75) is 0 Å². The third-order valence-electron chi connectivity index (χ3n) is 11.7. The van der Waals surface area contributed by atoms with Gasteiger partial charge in [0.15, 0.2) is 0 Å². The van der Waals surface area contributed by atoms with E-state index in [1.807, 2.05) is 11.3 Å². The fourth-order valence-corrected chi connectivity index (χ4v) is 10.2. The van der Waals surface area contributed by atoms with Crippen LogP contribution in [0.4, 0.5) is 34.1 Å². The van der Waals surface area contributed by atoms with Crippen LogP contribution in [0.15, 0.2) is 200 Å². The summed E-state index contributed by atoms with van der Waals surface area (Å²) in [6.07, 6.45) is 0. The number of para-hydroxylation sites is 3. The van der Waals surface area contributed by atoms with Gasteiger partial charge in [-0.3, -0.25) is 0 Å². The van der Waals surface area contributed by atoms with Crippen molar-refractivity contribution in [2.75, 3.05) is 9.80 Å². The third kappa shape index (κ3) is 5.13. The van der Waals surface area contributed by atoms with Gasteiger partial charge in [0.1, 0.15) is 11.5 Å². The van der Waals surface area contributed by atoms with E-state index in [4.69, 9.17) is 4.74 Å². The first-order chi connectivity index (χ1) is 28.2. The van der Waals surface area contributed by atoms with E-state index >= 15 is 0 Å². The monoisotopic (exact) mass is 744 g/mol. The quantitative estimate of drug-likeness (QED) is 0.163. The van der Waals surface area contributed by atoms with Gasteiger partial charge in [-0.15, -0.1) is 11.3 Å². The van der Waals surface area contributed by atoms with Crippen molar-refractivity contribution >= 4 is 99.5 Å². The number of hydrogen-bond donors (Lipinski definition) is 0. The van der Waals surface area contributed by atoms with Crippen LogP contribution in [0.1, 0.15) is 0 Å². The molecule has 2 aliphatic heterocycles. The highest BCUT2D eigenvalue weighted by molar-refractivity contribution is 7.26. The van der Waals surface area contributed by atoms with Gasteiger partial charge in [0, 0.05) is 54.3 Å². The zero-order valence-electron chi connectivity index (χ0n) is 30.8. The smallest absolute Gasteiger partial charge is 0.256 e. The van der Waals surface area contributed by atoms with Crippen LogP contribution >= 0.6 is 11.3 Å². The summed E-state index contributed by atoms with van der Waals surface area (Å²) < 4.78 is 9.41. The average molecular weight is 745 g/mol. The second kappa shape index (κ2) is 12.7. The summed E-state index contributed by atoms with van der Waals surface area (Å²) in [4.78, 5) is 4.73. The van der Waals surface area contributed by atoms with Gasteiger partial charge in [-0.1, -0.05) is 109 Å². The van der Waals surface area contributed by atoms with Crippen LogP contribution in [0.2, 0.25) is 0 Å². The van der Waals surface area contributed by atoms with Crippen molar-refractivity contribution in [3.05, 3.63) is 200 Å². The minimum atomic E-state index is 0.0677. The van der Waals surface area contributed by atoms with Gasteiger partial charge >= 0.3 is 0 Å². The van der Waals surface area contributed by atoms with E-state index in [2.05, 4.69) is 210 Å². The first-order valence-corrected chi connectivity index (χ1v) is 20.3. The lowest BCUT2D eigenvalue weighted by molar-refractivity contribution is 0.488. The number of anilines is 6. The molecule has 2 aliphatic rings. The summed E-state index contributed by atoms with van der Waals surface area (Å²) in [5.41, 5.74) is 13.1. The molecule has 0 aliphatic carbocycles. The van der Waals surface area contributed by atoms with Crippen molar-refractivity contribution in [1.82, 2.24) is 0 Å². The Morgan fingerprint density at radius 1 is 0.439 bits per heavy atom. The first-order valence-electron chi connectivity index (χ1n) is 19.4. The van der Waals surface area contributed by atoms with Crippen LogP contribution in [-0.2, 0) is 0 Å². The minimum absolute atomic E-state index is 0.0677. The molecule has 57 heavy (non-hydrogen) atoms. The molecular formula is C52H33BN2OS. The molecule has 9 aromatic carbocycles. The van der Waals surface area contributed by atoms with Crippen LogP contribution in [-0.4, -0.2) is 6.71 Å². The molecule has 0 amide bonds. The molecule has 0 bridgehead atoms. The molecule has 266 valence electrons. The molecule has 0 fully saturated rings. The number of rotatable bonds is 5. The number of thiophene rings is 1. The van der Waals surface area contributed by atoms with E-state index in [-0.39, 0.29) is 6.71 Å². The molecule has 3 nitrogen and oxygen atoms in total. The third-order valence-corrected chi connectivity index (χ3v) is 12.8. The Balaban J connectivity index is 0.975. The molecule has 0 saturated heterocycles. The van der Waals surface area contributed by atoms with Gasteiger partial charge < -0.3 is 14.5 Å². The van der Waals surface area contributed by atoms with Gasteiger partial charge in [0.05, 0.1) is 0 Å². The predicted molar refractivity (Wildman–Crippen MR) is 243 cm³/mol. The summed E-state index contributed by atoms with van der Waals surface area (Å²) in [7, 11) is 0. The molecule has 10 aromatic rings. The summed E-state index contributed by atoms with van der Waals surface area (Å²) in [6, 6.07) is 72.4. The molecule has 0 spiro atoms. The van der Waals surface area contributed by atoms with Gasteiger partial charge in [-0.2, -0.15) is 0 Å². The Bertz CT molecular complexity index is 3160. The maximum absolute atomic E-state index is 6.87. The Morgan fingerprint density at radius 2 is 1.09 bits per heavy atom. The molecule has 0 unspecified atom stereocenters. The molecule has 5 heteroatoms. The van der Waals surface area contributed by atoms with Crippen molar-refractivity contribution in [3.63, 3.8) is 0 Å². The number of benzene rings is 9.